The van der Waals surface area contributed by atoms with Crippen LogP contribution in [-0.4, -0.2) is 24.2 Å². The lowest BCUT2D eigenvalue weighted by Gasteiger charge is -2.23. The van der Waals surface area contributed by atoms with Crippen LogP contribution in [-0.2, 0) is 16.6 Å². The van der Waals surface area contributed by atoms with Gasteiger partial charge in [-0.25, -0.2) is 17.7 Å². The van der Waals surface area contributed by atoms with Crippen molar-refractivity contribution in [3.8, 4) is 5.75 Å². The first-order valence-corrected chi connectivity index (χ1v) is 11.5. The number of hydrogen-bond donors (Lipinski definition) is 0. The van der Waals surface area contributed by atoms with Gasteiger partial charge in [-0.1, -0.05) is 53.5 Å². The van der Waals surface area contributed by atoms with Gasteiger partial charge in [-0.15, -0.1) is 13.2 Å². The van der Waals surface area contributed by atoms with Crippen LogP contribution in [0.5, 0.6) is 5.75 Å². The molecule has 33 heavy (non-hydrogen) atoms. The van der Waals surface area contributed by atoms with Gasteiger partial charge < -0.3 is 4.74 Å². The van der Waals surface area contributed by atoms with E-state index < -0.39 is 22.1 Å². The Morgan fingerprint density at radius 3 is 2.27 bits per heavy atom. The number of fused-ring (bicyclic) bond motifs is 1. The molecule has 2 aromatic carbocycles. The third-order valence-corrected chi connectivity index (χ3v) is 6.88. The maximum absolute atomic E-state index is 13.5. The van der Waals surface area contributed by atoms with Gasteiger partial charge in [0.25, 0.3) is 10.0 Å². The number of pyridine rings is 1. The number of ether oxygens (including phenoxy) is 1. The minimum absolute atomic E-state index is 0.00373. The number of rotatable bonds is 6. The van der Waals surface area contributed by atoms with Gasteiger partial charge in [0, 0.05) is 6.20 Å². The number of alkyl halides is 3. The lowest BCUT2D eigenvalue weighted by Crippen LogP contribution is -2.31. The highest BCUT2D eigenvalue weighted by atomic mass is 35.5. The van der Waals surface area contributed by atoms with E-state index in [2.05, 4.69) is 9.72 Å². The van der Waals surface area contributed by atoms with Gasteiger partial charge in [-0.2, -0.15) is 0 Å². The Balaban J connectivity index is 1.78. The van der Waals surface area contributed by atoms with E-state index in [4.69, 9.17) is 23.2 Å². The van der Waals surface area contributed by atoms with Crippen LogP contribution >= 0.6 is 23.2 Å². The van der Waals surface area contributed by atoms with E-state index in [-0.39, 0.29) is 22.4 Å². The second-order valence-corrected chi connectivity index (χ2v) is 9.47. The van der Waals surface area contributed by atoms with Crippen molar-refractivity contribution in [2.45, 2.75) is 17.8 Å². The highest BCUT2D eigenvalue weighted by Crippen LogP contribution is 2.33. The van der Waals surface area contributed by atoms with Crippen LogP contribution in [0.2, 0.25) is 10.2 Å². The van der Waals surface area contributed by atoms with Gasteiger partial charge in [0.1, 0.15) is 11.4 Å². The molecule has 0 N–H and O–H groups in total. The summed E-state index contributed by atoms with van der Waals surface area (Å²) in [5.74, 6) is -0.484. The summed E-state index contributed by atoms with van der Waals surface area (Å²) < 4.78 is 70.7. The molecule has 0 aliphatic carbocycles. The van der Waals surface area contributed by atoms with Gasteiger partial charge in [-0.3, -0.25) is 4.40 Å². The summed E-state index contributed by atoms with van der Waals surface area (Å²) in [5.41, 5.74) is 0.747. The van der Waals surface area contributed by atoms with Gasteiger partial charge in [0.15, 0.2) is 11.0 Å². The van der Waals surface area contributed by atoms with Crippen LogP contribution in [0, 0.1) is 0 Å². The molecule has 0 amide bonds. The van der Waals surface area contributed by atoms with Crippen LogP contribution in [0.25, 0.3) is 5.65 Å². The standard InChI is InChI=1S/C21H14Cl2F3N3O3S/c22-15-8-11-18-27-20(19(23)28(18)13-15)29(33(30,31)17-4-2-1-3-5-17)12-14-6-9-16(10-7-14)32-21(24,25)26/h1-11,13H,12H2. The van der Waals surface area contributed by atoms with Crippen LogP contribution < -0.4 is 9.04 Å². The third kappa shape index (κ3) is 5.02. The lowest BCUT2D eigenvalue weighted by atomic mass is 10.2. The molecule has 2 aromatic heterocycles. The Bertz CT molecular complexity index is 1390. The number of halogens is 5. The summed E-state index contributed by atoms with van der Waals surface area (Å²) in [4.78, 5) is 4.35. The smallest absolute Gasteiger partial charge is 0.406 e. The summed E-state index contributed by atoms with van der Waals surface area (Å²) in [6.45, 7) is -0.249. The molecule has 0 aliphatic rings. The monoisotopic (exact) mass is 515 g/mol. The molecule has 172 valence electrons. The second-order valence-electron chi connectivity index (χ2n) is 6.82. The first-order valence-electron chi connectivity index (χ1n) is 9.30. The maximum atomic E-state index is 13.5. The molecule has 4 rings (SSSR count). The number of hydrogen-bond acceptors (Lipinski definition) is 4. The fourth-order valence-electron chi connectivity index (χ4n) is 3.09. The zero-order chi connectivity index (χ0) is 23.8. The van der Waals surface area contributed by atoms with E-state index in [1.165, 1.54) is 34.9 Å². The molecule has 0 spiro atoms. The Kier molecular flexibility index (Phi) is 6.17. The summed E-state index contributed by atoms with van der Waals surface area (Å²) in [5, 5.41) is 0.370. The Morgan fingerprint density at radius 2 is 1.64 bits per heavy atom. The molecule has 6 nitrogen and oxygen atoms in total. The summed E-state index contributed by atoms with van der Waals surface area (Å²) in [7, 11) is -4.14. The molecule has 0 radical (unpaired) electrons. The molecule has 0 aliphatic heterocycles. The van der Waals surface area contributed by atoms with E-state index >= 15 is 0 Å². The topological polar surface area (TPSA) is 63.9 Å². The fraction of sp³-hybridized carbons (Fsp3) is 0.0952. The van der Waals surface area contributed by atoms with Crippen molar-refractivity contribution in [3.63, 3.8) is 0 Å². The predicted octanol–water partition coefficient (Wildman–Crippen LogP) is 5.94. The van der Waals surface area contributed by atoms with Crippen molar-refractivity contribution in [1.82, 2.24) is 9.38 Å². The van der Waals surface area contributed by atoms with Crippen LogP contribution in [0.15, 0.2) is 77.8 Å². The van der Waals surface area contributed by atoms with Crippen molar-refractivity contribution in [2.24, 2.45) is 0 Å². The molecule has 4 aromatic rings. The van der Waals surface area contributed by atoms with Crippen molar-refractivity contribution in [1.29, 1.82) is 0 Å². The summed E-state index contributed by atoms with van der Waals surface area (Å²) >= 11 is 12.5. The molecular weight excluding hydrogens is 502 g/mol. The minimum atomic E-state index is -4.84. The summed E-state index contributed by atoms with van der Waals surface area (Å²) in [6, 6.07) is 15.7. The van der Waals surface area contributed by atoms with E-state index in [1.807, 2.05) is 0 Å². The molecule has 2 heterocycles. The molecule has 0 bridgehead atoms. The minimum Gasteiger partial charge on any atom is -0.406 e. The highest BCUT2D eigenvalue weighted by molar-refractivity contribution is 7.92. The van der Waals surface area contributed by atoms with Gasteiger partial charge >= 0.3 is 6.36 Å². The second kappa shape index (κ2) is 8.77. The largest absolute Gasteiger partial charge is 0.573 e. The van der Waals surface area contributed by atoms with E-state index in [0.717, 1.165) is 16.4 Å². The van der Waals surface area contributed by atoms with Crippen LogP contribution in [0.4, 0.5) is 19.0 Å². The first-order chi connectivity index (χ1) is 15.5. The number of imidazole rings is 1. The first kappa shape index (κ1) is 23.2. The number of anilines is 1. The lowest BCUT2D eigenvalue weighted by molar-refractivity contribution is -0.274. The molecule has 0 saturated heterocycles. The highest BCUT2D eigenvalue weighted by Gasteiger charge is 2.32. The molecular formula is C21H14Cl2F3N3O3S. The average Bonchev–Trinajstić information content (AvgIpc) is 3.08. The molecule has 0 fully saturated rings. The maximum Gasteiger partial charge on any atom is 0.573 e. The summed E-state index contributed by atoms with van der Waals surface area (Å²) in [6.07, 6.45) is -3.35. The van der Waals surface area contributed by atoms with Crippen LogP contribution in [0.3, 0.4) is 0 Å². The van der Waals surface area contributed by atoms with E-state index in [9.17, 15) is 21.6 Å². The number of aromatic nitrogens is 2. The zero-order valence-electron chi connectivity index (χ0n) is 16.5. The average molecular weight is 516 g/mol. The Labute approximate surface area is 196 Å². The number of nitrogens with zero attached hydrogens (tertiary/aromatic N) is 3. The Hall–Kier alpha value is -2.95. The normalized spacial score (nSPS) is 12.2. The number of sulfonamides is 1. The van der Waals surface area contributed by atoms with Crippen molar-refractivity contribution >= 4 is 44.7 Å². The van der Waals surface area contributed by atoms with Gasteiger partial charge in [0.05, 0.1) is 16.5 Å². The predicted molar refractivity (Wildman–Crippen MR) is 118 cm³/mol. The van der Waals surface area contributed by atoms with Crippen molar-refractivity contribution in [3.05, 3.63) is 88.7 Å². The fourth-order valence-corrected chi connectivity index (χ4v) is 5.01. The SMILES string of the molecule is O=S(=O)(c1ccccc1)N(Cc1ccc(OC(F)(F)F)cc1)c1nc2ccc(Cl)cn2c1Cl. The third-order valence-electron chi connectivity index (χ3n) is 4.56. The Morgan fingerprint density at radius 1 is 0.970 bits per heavy atom. The zero-order valence-corrected chi connectivity index (χ0v) is 18.8. The van der Waals surface area contributed by atoms with E-state index in [1.54, 1.807) is 30.3 Å². The van der Waals surface area contributed by atoms with Crippen LogP contribution in [0.1, 0.15) is 5.56 Å². The molecule has 0 atom stereocenters. The molecule has 0 unspecified atom stereocenters. The van der Waals surface area contributed by atoms with Gasteiger partial charge in [0.2, 0.25) is 0 Å². The molecule has 12 heteroatoms. The number of benzene rings is 2. The molecule has 0 saturated carbocycles. The van der Waals surface area contributed by atoms with E-state index in [0.29, 0.717) is 16.2 Å². The van der Waals surface area contributed by atoms with Crippen molar-refractivity contribution in [2.75, 3.05) is 4.31 Å². The van der Waals surface area contributed by atoms with Crippen molar-refractivity contribution < 1.29 is 26.3 Å². The van der Waals surface area contributed by atoms with Gasteiger partial charge in [-0.05, 0) is 42.0 Å². The quantitative estimate of drug-likeness (QED) is 0.319.